The fourth-order valence-corrected chi connectivity index (χ4v) is 2.99. The molecule has 1 saturated heterocycles. The molecule has 2 aliphatic rings. The molecular formula is C14H24O2. The van der Waals surface area contributed by atoms with Gasteiger partial charge >= 0.3 is 0 Å². The molecule has 0 bridgehead atoms. The lowest BCUT2D eigenvalue weighted by Gasteiger charge is -2.26. The minimum Gasteiger partial charge on any atom is -0.392 e. The number of rotatable bonds is 3. The average molecular weight is 224 g/mol. The molecular weight excluding hydrogens is 200 g/mol. The topological polar surface area (TPSA) is 29.5 Å². The molecule has 0 aromatic heterocycles. The van der Waals surface area contributed by atoms with Gasteiger partial charge in [0.05, 0.1) is 13.2 Å². The predicted molar refractivity (Wildman–Crippen MR) is 65.3 cm³/mol. The molecule has 0 spiro atoms. The van der Waals surface area contributed by atoms with Gasteiger partial charge in [0, 0.05) is 12.5 Å². The van der Waals surface area contributed by atoms with E-state index in [1.165, 1.54) is 50.5 Å². The quantitative estimate of drug-likeness (QED) is 0.747. The van der Waals surface area contributed by atoms with E-state index in [4.69, 9.17) is 4.74 Å². The Kier molecular flexibility index (Phi) is 4.86. The lowest BCUT2D eigenvalue weighted by atomic mass is 9.82. The molecule has 1 aliphatic heterocycles. The third kappa shape index (κ3) is 3.33. The van der Waals surface area contributed by atoms with Gasteiger partial charge in [-0.1, -0.05) is 25.3 Å². The first kappa shape index (κ1) is 12.1. The molecule has 1 aliphatic carbocycles. The smallest absolute Gasteiger partial charge is 0.0644 e. The SMILES string of the molecule is OC/C(=C/C1CCCOC1)C1CCCCC1. The van der Waals surface area contributed by atoms with E-state index in [0.29, 0.717) is 11.8 Å². The van der Waals surface area contributed by atoms with Gasteiger partial charge in [0.1, 0.15) is 0 Å². The molecule has 0 aromatic carbocycles. The highest BCUT2D eigenvalue weighted by atomic mass is 16.5. The van der Waals surface area contributed by atoms with Crippen LogP contribution in [-0.2, 0) is 4.74 Å². The monoisotopic (exact) mass is 224 g/mol. The second-order valence-electron chi connectivity index (χ2n) is 5.21. The van der Waals surface area contributed by atoms with Crippen molar-refractivity contribution < 1.29 is 9.84 Å². The highest BCUT2D eigenvalue weighted by Gasteiger charge is 2.19. The molecule has 1 saturated carbocycles. The molecule has 1 unspecified atom stereocenters. The molecule has 2 rings (SSSR count). The Morgan fingerprint density at radius 2 is 1.94 bits per heavy atom. The molecule has 0 amide bonds. The number of hydrogen-bond acceptors (Lipinski definition) is 2. The van der Waals surface area contributed by atoms with Crippen LogP contribution in [0.4, 0.5) is 0 Å². The van der Waals surface area contributed by atoms with Gasteiger partial charge in [-0.05, 0) is 37.2 Å². The minimum absolute atomic E-state index is 0.251. The maximum absolute atomic E-state index is 9.50. The van der Waals surface area contributed by atoms with Crippen LogP contribution in [0.1, 0.15) is 44.9 Å². The summed E-state index contributed by atoms with van der Waals surface area (Å²) in [4.78, 5) is 0. The van der Waals surface area contributed by atoms with Gasteiger partial charge < -0.3 is 9.84 Å². The van der Waals surface area contributed by atoms with Crippen LogP contribution in [0.15, 0.2) is 11.6 Å². The summed E-state index contributed by atoms with van der Waals surface area (Å²) in [6, 6.07) is 0. The molecule has 1 N–H and O–H groups in total. The van der Waals surface area contributed by atoms with E-state index < -0.39 is 0 Å². The zero-order valence-corrected chi connectivity index (χ0v) is 10.2. The lowest BCUT2D eigenvalue weighted by Crippen LogP contribution is -2.18. The molecule has 1 heterocycles. The van der Waals surface area contributed by atoms with E-state index in [9.17, 15) is 5.11 Å². The first-order chi connectivity index (χ1) is 7.90. The van der Waals surface area contributed by atoms with Crippen molar-refractivity contribution in [2.45, 2.75) is 44.9 Å². The summed E-state index contributed by atoms with van der Waals surface area (Å²) in [6.07, 6.45) is 11.3. The molecule has 0 aromatic rings. The summed E-state index contributed by atoms with van der Waals surface area (Å²) in [5.74, 6) is 1.21. The summed E-state index contributed by atoms with van der Waals surface area (Å²) in [7, 11) is 0. The number of hydrogen-bond donors (Lipinski definition) is 1. The first-order valence-electron chi connectivity index (χ1n) is 6.79. The number of aliphatic hydroxyl groups is 1. The second-order valence-corrected chi connectivity index (χ2v) is 5.21. The Labute approximate surface area is 98.7 Å². The lowest BCUT2D eigenvalue weighted by molar-refractivity contribution is 0.0702. The summed E-state index contributed by atoms with van der Waals surface area (Å²) in [5, 5.41) is 9.50. The van der Waals surface area contributed by atoms with Crippen LogP contribution in [0.5, 0.6) is 0 Å². The van der Waals surface area contributed by atoms with Crippen molar-refractivity contribution in [3.8, 4) is 0 Å². The van der Waals surface area contributed by atoms with E-state index in [-0.39, 0.29) is 6.61 Å². The Balaban J connectivity index is 1.93. The fourth-order valence-electron chi connectivity index (χ4n) is 2.99. The number of ether oxygens (including phenoxy) is 1. The molecule has 2 fully saturated rings. The Morgan fingerprint density at radius 1 is 1.12 bits per heavy atom. The van der Waals surface area contributed by atoms with Gasteiger partial charge in [0.25, 0.3) is 0 Å². The van der Waals surface area contributed by atoms with Crippen molar-refractivity contribution in [2.75, 3.05) is 19.8 Å². The van der Waals surface area contributed by atoms with Crippen molar-refractivity contribution in [1.82, 2.24) is 0 Å². The van der Waals surface area contributed by atoms with Gasteiger partial charge in [0.2, 0.25) is 0 Å². The van der Waals surface area contributed by atoms with E-state index in [0.717, 1.165) is 13.2 Å². The molecule has 0 radical (unpaired) electrons. The highest BCUT2D eigenvalue weighted by Crippen LogP contribution is 2.31. The van der Waals surface area contributed by atoms with Crippen LogP contribution in [0.3, 0.4) is 0 Å². The van der Waals surface area contributed by atoms with Crippen molar-refractivity contribution in [2.24, 2.45) is 11.8 Å². The predicted octanol–water partition coefficient (Wildman–Crippen LogP) is 2.91. The van der Waals surface area contributed by atoms with Gasteiger partial charge in [-0.25, -0.2) is 0 Å². The standard InChI is InChI=1S/C14H24O2/c15-10-14(13-6-2-1-3-7-13)9-12-5-4-8-16-11-12/h9,12-13,15H,1-8,10-11H2/b14-9-. The van der Waals surface area contributed by atoms with Crippen LogP contribution in [0.25, 0.3) is 0 Å². The maximum atomic E-state index is 9.50. The fraction of sp³-hybridized carbons (Fsp3) is 0.857. The van der Waals surface area contributed by atoms with Gasteiger partial charge in [-0.15, -0.1) is 0 Å². The average Bonchev–Trinajstić information content (AvgIpc) is 2.38. The van der Waals surface area contributed by atoms with E-state index in [2.05, 4.69) is 6.08 Å². The van der Waals surface area contributed by atoms with Crippen LogP contribution in [-0.4, -0.2) is 24.9 Å². The number of aliphatic hydroxyl groups excluding tert-OH is 1. The summed E-state index contributed by atoms with van der Waals surface area (Å²) >= 11 is 0. The Bertz CT molecular complexity index is 223. The maximum Gasteiger partial charge on any atom is 0.0644 e. The highest BCUT2D eigenvalue weighted by molar-refractivity contribution is 5.10. The van der Waals surface area contributed by atoms with Crippen molar-refractivity contribution in [1.29, 1.82) is 0 Å². The Morgan fingerprint density at radius 3 is 2.56 bits per heavy atom. The van der Waals surface area contributed by atoms with Crippen molar-refractivity contribution >= 4 is 0 Å². The molecule has 2 heteroatoms. The molecule has 16 heavy (non-hydrogen) atoms. The van der Waals surface area contributed by atoms with Crippen LogP contribution < -0.4 is 0 Å². The van der Waals surface area contributed by atoms with E-state index in [1.807, 2.05) is 0 Å². The summed E-state index contributed by atoms with van der Waals surface area (Å²) in [6.45, 7) is 2.03. The van der Waals surface area contributed by atoms with Crippen LogP contribution in [0.2, 0.25) is 0 Å². The normalized spacial score (nSPS) is 29.3. The zero-order chi connectivity index (χ0) is 11.2. The van der Waals surface area contributed by atoms with Crippen molar-refractivity contribution in [3.63, 3.8) is 0 Å². The van der Waals surface area contributed by atoms with E-state index >= 15 is 0 Å². The molecule has 2 nitrogen and oxygen atoms in total. The first-order valence-corrected chi connectivity index (χ1v) is 6.79. The third-order valence-corrected chi connectivity index (χ3v) is 3.96. The zero-order valence-electron chi connectivity index (χ0n) is 10.2. The Hall–Kier alpha value is -0.340. The third-order valence-electron chi connectivity index (χ3n) is 3.96. The minimum atomic E-state index is 0.251. The van der Waals surface area contributed by atoms with E-state index in [1.54, 1.807) is 0 Å². The summed E-state index contributed by atoms with van der Waals surface area (Å²) < 4.78 is 5.49. The largest absolute Gasteiger partial charge is 0.392 e. The van der Waals surface area contributed by atoms with Gasteiger partial charge in [0.15, 0.2) is 0 Å². The van der Waals surface area contributed by atoms with Gasteiger partial charge in [-0.3, -0.25) is 0 Å². The van der Waals surface area contributed by atoms with Crippen LogP contribution in [0, 0.1) is 11.8 Å². The van der Waals surface area contributed by atoms with Gasteiger partial charge in [-0.2, -0.15) is 0 Å². The molecule has 92 valence electrons. The van der Waals surface area contributed by atoms with Crippen molar-refractivity contribution in [3.05, 3.63) is 11.6 Å². The van der Waals surface area contributed by atoms with Crippen LogP contribution >= 0.6 is 0 Å². The summed E-state index contributed by atoms with van der Waals surface area (Å²) in [5.41, 5.74) is 1.29. The second kappa shape index (κ2) is 6.41. The molecule has 1 atom stereocenters.